The molecule has 0 spiro atoms. The molecule has 4 N–H and O–H groups in total. The average molecular weight is 495 g/mol. The maximum atomic E-state index is 13.9. The summed E-state index contributed by atoms with van der Waals surface area (Å²) in [5, 5.41) is 5.07. The first-order chi connectivity index (χ1) is 16.9. The summed E-state index contributed by atoms with van der Waals surface area (Å²) in [5.41, 5.74) is 9.11. The predicted octanol–water partition coefficient (Wildman–Crippen LogP) is 3.59. The van der Waals surface area contributed by atoms with Crippen LogP contribution in [0.5, 0.6) is 0 Å². The van der Waals surface area contributed by atoms with Gasteiger partial charge in [-0.1, -0.05) is 18.2 Å². The van der Waals surface area contributed by atoms with Gasteiger partial charge in [-0.05, 0) is 47.0 Å². The fourth-order valence-electron chi connectivity index (χ4n) is 3.60. The third-order valence-electron chi connectivity index (χ3n) is 5.37. The van der Waals surface area contributed by atoms with Crippen molar-refractivity contribution in [2.45, 2.75) is 18.2 Å². The smallest absolute Gasteiger partial charge is 0.319 e. The van der Waals surface area contributed by atoms with Gasteiger partial charge >= 0.3 is 5.97 Å². The molecule has 3 aromatic rings. The van der Waals surface area contributed by atoms with Gasteiger partial charge in [-0.2, -0.15) is 0 Å². The van der Waals surface area contributed by atoms with Crippen LogP contribution in [0.1, 0.15) is 22.3 Å². The number of carbonyl (C=O) groups is 3. The number of pyridine rings is 1. The van der Waals surface area contributed by atoms with Crippen molar-refractivity contribution in [2.75, 3.05) is 23.0 Å². The van der Waals surface area contributed by atoms with Gasteiger partial charge in [0, 0.05) is 30.4 Å². The maximum absolute atomic E-state index is 13.9. The van der Waals surface area contributed by atoms with Crippen LogP contribution in [0, 0.1) is 5.82 Å². The number of nitrogens with one attached hydrogen (secondary N) is 2. The van der Waals surface area contributed by atoms with E-state index in [1.807, 2.05) is 6.07 Å². The van der Waals surface area contributed by atoms with Crippen molar-refractivity contribution in [2.24, 2.45) is 5.73 Å². The van der Waals surface area contributed by atoms with E-state index in [1.54, 1.807) is 36.4 Å². The molecule has 1 atom stereocenters. The number of ether oxygens (including phenoxy) is 1. The van der Waals surface area contributed by atoms with Crippen LogP contribution in [0.15, 0.2) is 60.9 Å². The molecule has 2 heterocycles. The van der Waals surface area contributed by atoms with Crippen molar-refractivity contribution in [3.05, 3.63) is 77.9 Å². The fourth-order valence-corrected chi connectivity index (χ4v) is 4.49. The third kappa shape index (κ3) is 6.03. The van der Waals surface area contributed by atoms with Crippen LogP contribution in [0.25, 0.3) is 11.1 Å². The topological polar surface area (TPSA) is 123 Å². The molecule has 0 saturated carbocycles. The average Bonchev–Trinajstić information content (AvgIpc) is 3.28. The van der Waals surface area contributed by atoms with Crippen LogP contribution in [-0.2, 0) is 20.9 Å². The van der Waals surface area contributed by atoms with Crippen molar-refractivity contribution in [1.29, 1.82) is 0 Å². The second kappa shape index (κ2) is 11.1. The lowest BCUT2D eigenvalue weighted by molar-refractivity contribution is -0.137. The standard InChI is InChI=1S/C25H23FN4O4S/c26-20-13-28-8-6-21(20)30-24(32)16-4-5-17(12-27)19(11-16)15-2-1-3-18(10-15)29-23(31)14-35-22-7-9-34-25(22)33/h1-6,8,10-11,13,22H,7,9,12,14,27H2,(H,29,31)(H,28,30,32). The summed E-state index contributed by atoms with van der Waals surface area (Å²) >= 11 is 1.25. The third-order valence-corrected chi connectivity index (χ3v) is 6.63. The van der Waals surface area contributed by atoms with Gasteiger partial charge in [0.15, 0.2) is 5.82 Å². The lowest BCUT2D eigenvalue weighted by Crippen LogP contribution is -2.18. The first-order valence-electron chi connectivity index (χ1n) is 10.9. The van der Waals surface area contributed by atoms with Gasteiger partial charge < -0.3 is 21.1 Å². The van der Waals surface area contributed by atoms with Gasteiger partial charge in [0.2, 0.25) is 5.91 Å². The van der Waals surface area contributed by atoms with Gasteiger partial charge in [-0.15, -0.1) is 11.8 Å². The van der Waals surface area contributed by atoms with Gasteiger partial charge in [0.05, 0.1) is 24.2 Å². The van der Waals surface area contributed by atoms with E-state index in [1.165, 1.54) is 24.0 Å². The Morgan fingerprint density at radius 3 is 2.77 bits per heavy atom. The maximum Gasteiger partial charge on any atom is 0.319 e. The molecular formula is C25H23FN4O4S. The van der Waals surface area contributed by atoms with Crippen molar-refractivity contribution < 1.29 is 23.5 Å². The molecule has 2 aromatic carbocycles. The number of amides is 2. The van der Waals surface area contributed by atoms with Crippen molar-refractivity contribution in [1.82, 2.24) is 4.98 Å². The van der Waals surface area contributed by atoms with E-state index in [0.29, 0.717) is 24.3 Å². The van der Waals surface area contributed by atoms with Gasteiger partial charge in [0.25, 0.3) is 5.91 Å². The van der Waals surface area contributed by atoms with E-state index in [4.69, 9.17) is 10.5 Å². The SMILES string of the molecule is NCc1ccc(C(=O)Nc2ccncc2F)cc1-c1cccc(NC(=O)CSC2CCOC2=O)c1. The van der Waals surface area contributed by atoms with Gasteiger partial charge in [0.1, 0.15) is 5.25 Å². The number of hydrogen-bond acceptors (Lipinski definition) is 7. The van der Waals surface area contributed by atoms with E-state index < -0.39 is 11.7 Å². The number of aromatic nitrogens is 1. The Morgan fingerprint density at radius 1 is 1.17 bits per heavy atom. The zero-order valence-electron chi connectivity index (χ0n) is 18.6. The van der Waals surface area contributed by atoms with E-state index >= 15 is 0 Å². The van der Waals surface area contributed by atoms with Crippen LogP contribution >= 0.6 is 11.8 Å². The minimum absolute atomic E-state index is 0.0305. The minimum Gasteiger partial charge on any atom is -0.465 e. The molecular weight excluding hydrogens is 471 g/mol. The highest BCUT2D eigenvalue weighted by molar-refractivity contribution is 8.01. The van der Waals surface area contributed by atoms with Crippen LogP contribution in [0.4, 0.5) is 15.8 Å². The number of esters is 1. The number of hydrogen-bond donors (Lipinski definition) is 3. The Hall–Kier alpha value is -3.76. The predicted molar refractivity (Wildman–Crippen MR) is 132 cm³/mol. The lowest BCUT2D eigenvalue weighted by Gasteiger charge is -2.13. The van der Waals surface area contributed by atoms with Crippen molar-refractivity contribution in [3.8, 4) is 11.1 Å². The fraction of sp³-hybridized carbons (Fsp3) is 0.200. The van der Waals surface area contributed by atoms with E-state index in [-0.39, 0.29) is 35.1 Å². The minimum atomic E-state index is -0.633. The van der Waals surface area contributed by atoms with E-state index in [2.05, 4.69) is 15.6 Å². The number of carbonyl (C=O) groups excluding carboxylic acids is 3. The Bertz CT molecular complexity index is 1270. The summed E-state index contributed by atoms with van der Waals surface area (Å²) in [6.45, 7) is 0.624. The normalized spacial score (nSPS) is 14.9. The molecule has 1 unspecified atom stereocenters. The number of anilines is 2. The Kier molecular flexibility index (Phi) is 7.74. The molecule has 8 nitrogen and oxygen atoms in total. The second-order valence-corrected chi connectivity index (χ2v) is 8.96. The highest BCUT2D eigenvalue weighted by Gasteiger charge is 2.27. The number of benzene rings is 2. The molecule has 0 aliphatic carbocycles. The molecule has 0 radical (unpaired) electrons. The van der Waals surface area contributed by atoms with Crippen LogP contribution in [-0.4, -0.2) is 40.4 Å². The molecule has 4 rings (SSSR count). The molecule has 1 saturated heterocycles. The summed E-state index contributed by atoms with van der Waals surface area (Å²) < 4.78 is 18.8. The molecule has 1 fully saturated rings. The summed E-state index contributed by atoms with van der Waals surface area (Å²) in [7, 11) is 0. The quantitative estimate of drug-likeness (QED) is 0.409. The molecule has 0 bridgehead atoms. The van der Waals surface area contributed by atoms with Crippen molar-refractivity contribution >= 4 is 40.9 Å². The largest absolute Gasteiger partial charge is 0.465 e. The van der Waals surface area contributed by atoms with E-state index in [9.17, 15) is 18.8 Å². The molecule has 1 aliphatic rings. The van der Waals surface area contributed by atoms with Gasteiger partial charge in [-0.25, -0.2) is 4.39 Å². The second-order valence-electron chi connectivity index (χ2n) is 7.77. The molecule has 2 amide bonds. The molecule has 1 aliphatic heterocycles. The lowest BCUT2D eigenvalue weighted by atomic mass is 9.96. The first kappa shape index (κ1) is 24.4. The van der Waals surface area contributed by atoms with Gasteiger partial charge in [-0.3, -0.25) is 19.4 Å². The summed E-state index contributed by atoms with van der Waals surface area (Å²) in [4.78, 5) is 40.4. The zero-order chi connectivity index (χ0) is 24.8. The zero-order valence-corrected chi connectivity index (χ0v) is 19.4. The number of rotatable bonds is 8. The number of nitrogens with zero attached hydrogens (tertiary/aromatic N) is 1. The molecule has 10 heteroatoms. The molecule has 180 valence electrons. The monoisotopic (exact) mass is 494 g/mol. The number of nitrogens with two attached hydrogens (primary N) is 1. The Balaban J connectivity index is 1.50. The van der Waals surface area contributed by atoms with Crippen LogP contribution < -0.4 is 16.4 Å². The first-order valence-corrected chi connectivity index (χ1v) is 11.9. The van der Waals surface area contributed by atoms with Crippen LogP contribution in [0.2, 0.25) is 0 Å². The highest BCUT2D eigenvalue weighted by atomic mass is 32.2. The Morgan fingerprint density at radius 2 is 2.03 bits per heavy atom. The number of thioether (sulfide) groups is 1. The summed E-state index contributed by atoms with van der Waals surface area (Å²) in [6.07, 6.45) is 3.02. The molecule has 1 aromatic heterocycles. The number of halogens is 1. The number of cyclic esters (lactones) is 1. The summed E-state index contributed by atoms with van der Waals surface area (Å²) in [5.74, 6) is -1.51. The summed E-state index contributed by atoms with van der Waals surface area (Å²) in [6, 6.07) is 13.6. The van der Waals surface area contributed by atoms with Crippen molar-refractivity contribution in [3.63, 3.8) is 0 Å². The molecule has 35 heavy (non-hydrogen) atoms. The van der Waals surface area contributed by atoms with E-state index in [0.717, 1.165) is 22.9 Å². The Labute approximate surface area is 205 Å². The van der Waals surface area contributed by atoms with Crippen LogP contribution in [0.3, 0.4) is 0 Å². The highest BCUT2D eigenvalue weighted by Crippen LogP contribution is 2.28.